The molecule has 2 saturated carbocycles. The summed E-state index contributed by atoms with van der Waals surface area (Å²) < 4.78 is 0.773. The number of halogens is 1. The van der Waals surface area contributed by atoms with E-state index in [-0.39, 0.29) is 28.8 Å². The molecule has 2 fully saturated rings. The second-order valence-corrected chi connectivity index (χ2v) is 7.41. The van der Waals surface area contributed by atoms with Gasteiger partial charge in [-0.05, 0) is 36.7 Å². The average Bonchev–Trinajstić information content (AvgIpc) is 2.89. The Morgan fingerprint density at radius 3 is 2.84 bits per heavy atom. The summed E-state index contributed by atoms with van der Waals surface area (Å²) in [6, 6.07) is 5.52. The Labute approximate surface area is 120 Å². The van der Waals surface area contributed by atoms with E-state index in [0.29, 0.717) is 17.0 Å². The first kappa shape index (κ1) is 11.8. The molecule has 4 rings (SSSR count). The summed E-state index contributed by atoms with van der Waals surface area (Å²) in [7, 11) is 0. The molecule has 1 aromatic rings. The quantitative estimate of drug-likeness (QED) is 0.727. The largest absolute Gasteiger partial charge is 0.294 e. The maximum absolute atomic E-state index is 12.8. The number of rotatable bonds is 0. The maximum atomic E-state index is 12.8. The molecule has 4 unspecified atom stereocenters. The number of fused-ring (bicyclic) bond motifs is 6. The van der Waals surface area contributed by atoms with Crippen molar-refractivity contribution in [3.63, 3.8) is 0 Å². The highest BCUT2D eigenvalue weighted by molar-refractivity contribution is 9.10. The molecule has 0 N–H and O–H groups in total. The Hall–Kier alpha value is -0.960. The Morgan fingerprint density at radius 2 is 2.05 bits per heavy atom. The summed E-state index contributed by atoms with van der Waals surface area (Å²) in [4.78, 5) is 25.6. The lowest BCUT2D eigenvalue weighted by molar-refractivity contribution is 0.0572. The van der Waals surface area contributed by atoms with E-state index in [9.17, 15) is 9.59 Å². The lowest BCUT2D eigenvalue weighted by Crippen LogP contribution is -2.43. The van der Waals surface area contributed by atoms with Gasteiger partial charge in [0.05, 0.1) is 0 Å². The number of benzene rings is 1. The van der Waals surface area contributed by atoms with Crippen LogP contribution in [0.3, 0.4) is 0 Å². The van der Waals surface area contributed by atoms with E-state index in [2.05, 4.69) is 22.9 Å². The Balaban J connectivity index is 1.96. The summed E-state index contributed by atoms with van der Waals surface area (Å²) in [5.41, 5.74) is 1.32. The fourth-order valence-corrected chi connectivity index (χ4v) is 5.33. The van der Waals surface area contributed by atoms with E-state index in [1.54, 1.807) is 0 Å². The zero-order valence-electron chi connectivity index (χ0n) is 10.8. The minimum absolute atomic E-state index is 0.0576. The monoisotopic (exact) mass is 318 g/mol. The number of Topliss-reactive ketones (excluding diaryl/α,β-unsaturated/α-hetero) is 2. The molecule has 0 amide bonds. The zero-order valence-corrected chi connectivity index (χ0v) is 12.4. The smallest absolute Gasteiger partial charge is 0.168 e. The van der Waals surface area contributed by atoms with Crippen LogP contribution in [0.25, 0.3) is 0 Å². The van der Waals surface area contributed by atoms with E-state index in [1.165, 1.54) is 0 Å². The van der Waals surface area contributed by atoms with Crippen LogP contribution in [0, 0.1) is 23.2 Å². The molecular weight excluding hydrogens is 304 g/mol. The number of hydrogen-bond donors (Lipinski definition) is 0. The van der Waals surface area contributed by atoms with Crippen molar-refractivity contribution in [1.82, 2.24) is 0 Å². The first-order valence-electron chi connectivity index (χ1n) is 6.90. The third kappa shape index (κ3) is 1.32. The molecule has 2 nitrogen and oxygen atoms in total. The van der Waals surface area contributed by atoms with Gasteiger partial charge < -0.3 is 0 Å². The van der Waals surface area contributed by atoms with Gasteiger partial charge in [0.1, 0.15) is 0 Å². The summed E-state index contributed by atoms with van der Waals surface area (Å²) in [5.74, 6) is 0.691. The number of carbonyl (C=O) groups is 2. The van der Waals surface area contributed by atoms with E-state index < -0.39 is 0 Å². The van der Waals surface area contributed by atoms with Crippen molar-refractivity contribution >= 4 is 27.5 Å². The normalized spacial score (nSPS) is 39.4. The molecular formula is C16H15BrO2. The van der Waals surface area contributed by atoms with Gasteiger partial charge in [0.2, 0.25) is 0 Å². The molecule has 2 bridgehead atoms. The molecule has 4 atom stereocenters. The second-order valence-electron chi connectivity index (χ2n) is 6.55. The molecule has 0 spiro atoms. The van der Waals surface area contributed by atoms with Gasteiger partial charge in [0.25, 0.3) is 0 Å². The van der Waals surface area contributed by atoms with Crippen molar-refractivity contribution in [1.29, 1.82) is 0 Å². The highest BCUT2D eigenvalue weighted by Crippen LogP contribution is 2.63. The average molecular weight is 319 g/mol. The molecule has 3 aliphatic rings. The van der Waals surface area contributed by atoms with Gasteiger partial charge in [-0.15, -0.1) is 0 Å². The molecule has 3 aliphatic carbocycles. The van der Waals surface area contributed by atoms with Crippen LogP contribution in [-0.4, -0.2) is 11.6 Å². The standard InChI is InChI=1S/C16H15BrO2/c1-16-6-5-8(7-16)11-13(16)14(18)9-3-2-4-10(17)12(9)15(11)19/h2-4,8,11,13H,5-7H2,1H3. The van der Waals surface area contributed by atoms with E-state index in [4.69, 9.17) is 0 Å². The molecule has 0 heterocycles. The minimum Gasteiger partial charge on any atom is -0.294 e. The van der Waals surface area contributed by atoms with Crippen LogP contribution in [-0.2, 0) is 0 Å². The van der Waals surface area contributed by atoms with Gasteiger partial charge in [0.15, 0.2) is 11.6 Å². The van der Waals surface area contributed by atoms with Crippen LogP contribution in [0.15, 0.2) is 22.7 Å². The third-order valence-corrected chi connectivity index (χ3v) is 6.20. The molecule has 0 aromatic heterocycles. The van der Waals surface area contributed by atoms with Crippen molar-refractivity contribution in [2.45, 2.75) is 26.2 Å². The predicted octanol–water partition coefficient (Wildman–Crippen LogP) is 3.88. The van der Waals surface area contributed by atoms with Crippen molar-refractivity contribution in [2.24, 2.45) is 23.2 Å². The van der Waals surface area contributed by atoms with Gasteiger partial charge in [-0.1, -0.05) is 35.0 Å². The van der Waals surface area contributed by atoms with Gasteiger partial charge in [-0.25, -0.2) is 0 Å². The molecule has 3 heteroatoms. The van der Waals surface area contributed by atoms with E-state index in [1.807, 2.05) is 18.2 Å². The van der Waals surface area contributed by atoms with Crippen molar-refractivity contribution in [3.05, 3.63) is 33.8 Å². The minimum atomic E-state index is -0.0689. The summed E-state index contributed by atoms with van der Waals surface area (Å²) in [6.45, 7) is 2.20. The molecule has 0 aliphatic heterocycles. The van der Waals surface area contributed by atoms with Crippen LogP contribution in [0.2, 0.25) is 0 Å². The van der Waals surface area contributed by atoms with Crippen molar-refractivity contribution < 1.29 is 9.59 Å². The van der Waals surface area contributed by atoms with Gasteiger partial charge in [-0.3, -0.25) is 9.59 Å². The maximum Gasteiger partial charge on any atom is 0.168 e. The Morgan fingerprint density at radius 1 is 1.26 bits per heavy atom. The zero-order chi connectivity index (χ0) is 13.4. The van der Waals surface area contributed by atoms with Crippen LogP contribution in [0.4, 0.5) is 0 Å². The van der Waals surface area contributed by atoms with Crippen LogP contribution < -0.4 is 0 Å². The first-order chi connectivity index (χ1) is 9.03. The predicted molar refractivity (Wildman–Crippen MR) is 75.2 cm³/mol. The lowest BCUT2D eigenvalue weighted by Gasteiger charge is -2.38. The topological polar surface area (TPSA) is 34.1 Å². The number of carbonyl (C=O) groups excluding carboxylic acids is 2. The molecule has 98 valence electrons. The summed E-state index contributed by atoms with van der Waals surface area (Å²) >= 11 is 3.44. The first-order valence-corrected chi connectivity index (χ1v) is 7.69. The third-order valence-electron chi connectivity index (χ3n) is 5.54. The lowest BCUT2D eigenvalue weighted by atomic mass is 9.63. The molecule has 0 saturated heterocycles. The Bertz CT molecular complexity index is 621. The van der Waals surface area contributed by atoms with Gasteiger partial charge >= 0.3 is 0 Å². The second kappa shape index (κ2) is 3.57. The van der Waals surface area contributed by atoms with Gasteiger partial charge in [-0.2, -0.15) is 0 Å². The molecule has 0 radical (unpaired) electrons. The molecule has 19 heavy (non-hydrogen) atoms. The summed E-state index contributed by atoms with van der Waals surface area (Å²) in [5, 5.41) is 0. The van der Waals surface area contributed by atoms with Crippen LogP contribution >= 0.6 is 15.9 Å². The van der Waals surface area contributed by atoms with Crippen LogP contribution in [0.1, 0.15) is 46.9 Å². The molecule has 1 aromatic carbocycles. The van der Waals surface area contributed by atoms with Gasteiger partial charge in [0, 0.05) is 27.4 Å². The van der Waals surface area contributed by atoms with E-state index >= 15 is 0 Å². The number of ketones is 2. The Kier molecular flexibility index (Phi) is 2.22. The van der Waals surface area contributed by atoms with Crippen molar-refractivity contribution in [2.75, 3.05) is 0 Å². The van der Waals surface area contributed by atoms with Crippen LogP contribution in [0.5, 0.6) is 0 Å². The van der Waals surface area contributed by atoms with Crippen molar-refractivity contribution in [3.8, 4) is 0 Å². The highest BCUT2D eigenvalue weighted by Gasteiger charge is 2.62. The number of hydrogen-bond acceptors (Lipinski definition) is 2. The highest BCUT2D eigenvalue weighted by atomic mass is 79.9. The fraction of sp³-hybridized carbons (Fsp3) is 0.500. The SMILES string of the molecule is CC12CCC(C1)C1C(=O)c3c(Br)cccc3C(=O)C12. The fourth-order valence-electron chi connectivity index (χ4n) is 4.77. The summed E-state index contributed by atoms with van der Waals surface area (Å²) in [6.07, 6.45) is 3.25. The van der Waals surface area contributed by atoms with E-state index in [0.717, 1.165) is 23.7 Å².